The quantitative estimate of drug-likeness (QED) is 0.802. The average molecular weight is 291 g/mol. The molecule has 114 valence electrons. The maximum atomic E-state index is 13.7. The second-order valence-corrected chi connectivity index (χ2v) is 5.88. The van der Waals surface area contributed by atoms with Gasteiger partial charge in [0.2, 0.25) is 0 Å². The van der Waals surface area contributed by atoms with Crippen molar-refractivity contribution in [3.8, 4) is 5.75 Å². The number of aromatic nitrogens is 1. The van der Waals surface area contributed by atoms with E-state index in [0.717, 1.165) is 30.5 Å². The van der Waals surface area contributed by atoms with Crippen molar-refractivity contribution in [2.75, 3.05) is 19.0 Å². The molecule has 0 saturated carbocycles. The summed E-state index contributed by atoms with van der Waals surface area (Å²) in [5.74, 6) is -0.179. The first-order valence-corrected chi connectivity index (χ1v) is 7.06. The number of anilines is 1. The molecule has 0 aliphatic rings. The monoisotopic (exact) mass is 291 g/mol. The number of pyridine rings is 1. The molecule has 0 bridgehead atoms. The van der Waals surface area contributed by atoms with E-state index in [9.17, 15) is 4.39 Å². The predicted octanol–water partition coefficient (Wildman–Crippen LogP) is 3.31. The van der Waals surface area contributed by atoms with Crippen LogP contribution < -0.4 is 15.8 Å². The predicted molar refractivity (Wildman–Crippen MR) is 84.2 cm³/mol. The van der Waals surface area contributed by atoms with Gasteiger partial charge in [-0.3, -0.25) is 4.98 Å². The summed E-state index contributed by atoms with van der Waals surface area (Å²) in [6.45, 7) is 4.84. The number of nitrogens with zero attached hydrogens (tertiary/aromatic N) is 1. The van der Waals surface area contributed by atoms with Crippen molar-refractivity contribution in [2.45, 2.75) is 32.2 Å². The zero-order valence-corrected chi connectivity index (χ0v) is 12.7. The van der Waals surface area contributed by atoms with Gasteiger partial charge in [0.25, 0.3) is 0 Å². The van der Waals surface area contributed by atoms with Crippen LogP contribution in [0.1, 0.15) is 26.7 Å². The molecule has 0 atom stereocenters. The highest BCUT2D eigenvalue weighted by Crippen LogP contribution is 2.28. The molecule has 4 nitrogen and oxygen atoms in total. The van der Waals surface area contributed by atoms with Gasteiger partial charge in [0.15, 0.2) is 11.6 Å². The van der Waals surface area contributed by atoms with Crippen molar-refractivity contribution in [1.29, 1.82) is 0 Å². The third kappa shape index (κ3) is 4.04. The van der Waals surface area contributed by atoms with Gasteiger partial charge in [0.1, 0.15) is 0 Å². The Morgan fingerprint density at radius 2 is 2.14 bits per heavy atom. The molecule has 0 fully saturated rings. The van der Waals surface area contributed by atoms with E-state index >= 15 is 0 Å². The number of ether oxygens (including phenoxy) is 1. The first-order valence-electron chi connectivity index (χ1n) is 7.06. The molecule has 1 heterocycles. The molecule has 0 radical (unpaired) electrons. The Balaban J connectivity index is 2.16. The number of methoxy groups -OCH3 is 1. The van der Waals surface area contributed by atoms with Crippen LogP contribution in [-0.2, 0) is 0 Å². The van der Waals surface area contributed by atoms with Crippen LogP contribution in [0.5, 0.6) is 5.75 Å². The number of hydrogen-bond donors (Lipinski definition) is 2. The summed E-state index contributed by atoms with van der Waals surface area (Å²) >= 11 is 0. The summed E-state index contributed by atoms with van der Waals surface area (Å²) in [6.07, 6.45) is 3.57. The summed E-state index contributed by atoms with van der Waals surface area (Å²) in [5, 5.41) is 4.21. The molecule has 1 aromatic heterocycles. The van der Waals surface area contributed by atoms with Crippen LogP contribution in [0.25, 0.3) is 10.9 Å². The van der Waals surface area contributed by atoms with Crippen LogP contribution in [0.15, 0.2) is 24.4 Å². The Bertz CT molecular complexity index is 623. The minimum atomic E-state index is -0.403. The summed E-state index contributed by atoms with van der Waals surface area (Å²) in [6, 6.07) is 4.95. The second-order valence-electron chi connectivity index (χ2n) is 5.88. The molecule has 0 amide bonds. The Morgan fingerprint density at radius 1 is 1.38 bits per heavy atom. The van der Waals surface area contributed by atoms with E-state index in [0.29, 0.717) is 5.52 Å². The van der Waals surface area contributed by atoms with E-state index in [2.05, 4.69) is 10.3 Å². The van der Waals surface area contributed by atoms with Gasteiger partial charge >= 0.3 is 0 Å². The largest absolute Gasteiger partial charge is 0.494 e. The molecular formula is C16H22FN3O. The van der Waals surface area contributed by atoms with Crippen LogP contribution in [0, 0.1) is 5.82 Å². The molecule has 0 saturated heterocycles. The molecular weight excluding hydrogens is 269 g/mol. The number of nitrogens with one attached hydrogen (secondary N) is 1. The molecule has 2 rings (SSSR count). The van der Waals surface area contributed by atoms with E-state index < -0.39 is 5.82 Å². The van der Waals surface area contributed by atoms with Crippen molar-refractivity contribution in [3.63, 3.8) is 0 Å². The van der Waals surface area contributed by atoms with E-state index in [1.54, 1.807) is 12.3 Å². The minimum absolute atomic E-state index is 0.158. The Morgan fingerprint density at radius 3 is 2.81 bits per heavy atom. The highest BCUT2D eigenvalue weighted by Gasteiger charge is 2.11. The fourth-order valence-corrected chi connectivity index (χ4v) is 2.22. The Labute approximate surface area is 124 Å². The number of hydrogen-bond acceptors (Lipinski definition) is 4. The fraction of sp³-hybridized carbons (Fsp3) is 0.438. The van der Waals surface area contributed by atoms with Gasteiger partial charge in [0.05, 0.1) is 12.6 Å². The second kappa shape index (κ2) is 6.26. The van der Waals surface area contributed by atoms with Crippen LogP contribution in [0.4, 0.5) is 10.1 Å². The zero-order valence-electron chi connectivity index (χ0n) is 12.7. The van der Waals surface area contributed by atoms with Crippen molar-refractivity contribution in [2.24, 2.45) is 5.73 Å². The molecule has 1 aromatic carbocycles. The molecule has 2 aromatic rings. The van der Waals surface area contributed by atoms with E-state index in [4.69, 9.17) is 10.5 Å². The lowest BCUT2D eigenvalue weighted by Gasteiger charge is -2.18. The number of rotatable bonds is 6. The standard InChI is InChI=1S/C16H22FN3O/c1-16(2,18)6-4-7-19-13-5-8-20-14-10-12(17)15(21-3)9-11(13)14/h5,8-10H,4,6-7,18H2,1-3H3,(H,19,20). The molecule has 0 aliphatic heterocycles. The van der Waals surface area contributed by atoms with Crippen LogP contribution in [0.2, 0.25) is 0 Å². The highest BCUT2D eigenvalue weighted by atomic mass is 19.1. The summed E-state index contributed by atoms with van der Waals surface area (Å²) in [5.41, 5.74) is 7.34. The van der Waals surface area contributed by atoms with Gasteiger partial charge in [-0.25, -0.2) is 4.39 Å². The van der Waals surface area contributed by atoms with E-state index in [-0.39, 0.29) is 11.3 Å². The third-order valence-electron chi connectivity index (χ3n) is 3.33. The number of benzene rings is 1. The smallest absolute Gasteiger partial charge is 0.167 e. The van der Waals surface area contributed by atoms with Crippen molar-refractivity contribution in [1.82, 2.24) is 4.98 Å². The molecule has 0 spiro atoms. The minimum Gasteiger partial charge on any atom is -0.494 e. The van der Waals surface area contributed by atoms with Gasteiger partial charge in [-0.2, -0.15) is 0 Å². The van der Waals surface area contributed by atoms with E-state index in [1.807, 2.05) is 19.9 Å². The summed E-state index contributed by atoms with van der Waals surface area (Å²) < 4.78 is 18.7. The SMILES string of the molecule is COc1cc2c(NCCCC(C)(C)N)ccnc2cc1F. The van der Waals surface area contributed by atoms with Gasteiger partial charge < -0.3 is 15.8 Å². The van der Waals surface area contributed by atoms with Gasteiger partial charge in [-0.1, -0.05) is 0 Å². The molecule has 0 unspecified atom stereocenters. The first kappa shape index (κ1) is 15.5. The van der Waals surface area contributed by atoms with Gasteiger partial charge in [-0.15, -0.1) is 0 Å². The van der Waals surface area contributed by atoms with Crippen molar-refractivity contribution >= 4 is 16.6 Å². The summed E-state index contributed by atoms with van der Waals surface area (Å²) in [7, 11) is 1.46. The van der Waals surface area contributed by atoms with Gasteiger partial charge in [-0.05, 0) is 38.8 Å². The first-order chi connectivity index (χ1) is 9.90. The van der Waals surface area contributed by atoms with Gasteiger partial charge in [0, 0.05) is 35.4 Å². The van der Waals surface area contributed by atoms with Crippen molar-refractivity contribution in [3.05, 3.63) is 30.2 Å². The van der Waals surface area contributed by atoms with Crippen LogP contribution in [-0.4, -0.2) is 24.2 Å². The Hall–Kier alpha value is -1.88. The molecule has 3 N–H and O–H groups in total. The topological polar surface area (TPSA) is 60.2 Å². The Kier molecular flexibility index (Phi) is 4.63. The maximum absolute atomic E-state index is 13.7. The van der Waals surface area contributed by atoms with Crippen LogP contribution in [0.3, 0.4) is 0 Å². The summed E-state index contributed by atoms with van der Waals surface area (Å²) in [4.78, 5) is 4.19. The molecule has 0 aliphatic carbocycles. The normalized spacial score (nSPS) is 11.7. The number of halogens is 1. The fourth-order valence-electron chi connectivity index (χ4n) is 2.22. The highest BCUT2D eigenvalue weighted by molar-refractivity contribution is 5.92. The van der Waals surface area contributed by atoms with E-state index in [1.165, 1.54) is 13.2 Å². The van der Waals surface area contributed by atoms with Crippen LogP contribution >= 0.6 is 0 Å². The third-order valence-corrected chi connectivity index (χ3v) is 3.33. The zero-order chi connectivity index (χ0) is 15.5. The molecule has 21 heavy (non-hydrogen) atoms. The lowest BCUT2D eigenvalue weighted by atomic mass is 10.0. The average Bonchev–Trinajstić information content (AvgIpc) is 2.41. The number of nitrogens with two attached hydrogens (primary N) is 1. The number of fused-ring (bicyclic) bond motifs is 1. The maximum Gasteiger partial charge on any atom is 0.167 e. The lowest BCUT2D eigenvalue weighted by molar-refractivity contribution is 0.387. The molecule has 5 heteroatoms. The van der Waals surface area contributed by atoms with Crippen molar-refractivity contribution < 1.29 is 9.13 Å². The lowest BCUT2D eigenvalue weighted by Crippen LogP contribution is -2.32.